The largest absolute Gasteiger partial charge is 0.352 e. The van der Waals surface area contributed by atoms with Gasteiger partial charge in [-0.15, -0.1) is 0 Å². The molecule has 246 valence electrons. The number of carbonyl (C=O) groups is 2. The predicted molar refractivity (Wildman–Crippen MR) is 191 cm³/mol. The minimum absolute atomic E-state index is 0.0332. The van der Waals surface area contributed by atoms with E-state index in [0.717, 1.165) is 52.0 Å². The van der Waals surface area contributed by atoms with Gasteiger partial charge in [0.1, 0.15) is 12.6 Å². The first-order chi connectivity index (χ1) is 22.6. The standard InChI is InChI=1S/C37H39BrClN3O4S/c1-27-23-31(39)21-22-34(27)42(47(45,46)33-15-9-4-10-16-33)26-36(43)41(25-29-17-19-30(38)20-18-29)35(24-28-11-5-2-6-12-28)37(44)40-32-13-7-3-8-14-32/h2,4-6,9-12,15-23,32,35H,3,7-8,13-14,24-26H2,1H3,(H,40,44)/t35-/m1/s1. The number of halogens is 2. The summed E-state index contributed by atoms with van der Waals surface area (Å²) in [4.78, 5) is 30.5. The van der Waals surface area contributed by atoms with E-state index in [1.807, 2.05) is 54.6 Å². The molecule has 4 aromatic carbocycles. The van der Waals surface area contributed by atoms with Crippen LogP contribution in [0.1, 0.15) is 48.8 Å². The summed E-state index contributed by atoms with van der Waals surface area (Å²) in [6, 6.07) is 29.2. The van der Waals surface area contributed by atoms with Crippen LogP contribution in [0.2, 0.25) is 5.02 Å². The zero-order valence-corrected chi connectivity index (χ0v) is 29.5. The Labute approximate surface area is 291 Å². The summed E-state index contributed by atoms with van der Waals surface area (Å²) in [6.07, 6.45) is 5.29. The molecule has 4 aromatic rings. The fourth-order valence-electron chi connectivity index (χ4n) is 6.02. The van der Waals surface area contributed by atoms with Gasteiger partial charge in [-0.2, -0.15) is 0 Å². The van der Waals surface area contributed by atoms with Crippen LogP contribution in [-0.4, -0.2) is 43.8 Å². The summed E-state index contributed by atoms with van der Waals surface area (Å²) in [6.45, 7) is 1.35. The Balaban J connectivity index is 1.57. The zero-order valence-electron chi connectivity index (χ0n) is 26.3. The van der Waals surface area contributed by atoms with Gasteiger partial charge in [0.25, 0.3) is 10.0 Å². The number of carbonyl (C=O) groups excluding carboxylic acids is 2. The molecule has 2 amide bonds. The summed E-state index contributed by atoms with van der Waals surface area (Å²) >= 11 is 9.73. The number of sulfonamides is 1. The number of rotatable bonds is 12. The highest BCUT2D eigenvalue weighted by Gasteiger charge is 2.35. The molecule has 7 nitrogen and oxygen atoms in total. The second-order valence-electron chi connectivity index (χ2n) is 12.0. The lowest BCUT2D eigenvalue weighted by Gasteiger charge is -2.35. The number of benzene rings is 4. The number of anilines is 1. The smallest absolute Gasteiger partial charge is 0.264 e. The third kappa shape index (κ3) is 9.03. The molecule has 10 heteroatoms. The third-order valence-corrected chi connectivity index (χ3v) is 11.1. The summed E-state index contributed by atoms with van der Waals surface area (Å²) in [5, 5.41) is 3.69. The topological polar surface area (TPSA) is 86.8 Å². The first-order valence-corrected chi connectivity index (χ1v) is 18.4. The maximum Gasteiger partial charge on any atom is 0.264 e. The van der Waals surface area contributed by atoms with Crippen molar-refractivity contribution < 1.29 is 18.0 Å². The van der Waals surface area contributed by atoms with E-state index in [0.29, 0.717) is 16.3 Å². The maximum absolute atomic E-state index is 14.7. The molecular weight excluding hydrogens is 698 g/mol. The van der Waals surface area contributed by atoms with Crippen molar-refractivity contribution in [2.45, 2.75) is 69.0 Å². The van der Waals surface area contributed by atoms with Crippen LogP contribution in [0, 0.1) is 6.92 Å². The van der Waals surface area contributed by atoms with Gasteiger partial charge in [0, 0.05) is 28.5 Å². The molecule has 1 aliphatic carbocycles. The molecule has 1 saturated carbocycles. The normalized spacial score (nSPS) is 14.3. The van der Waals surface area contributed by atoms with E-state index in [2.05, 4.69) is 21.2 Å². The van der Waals surface area contributed by atoms with E-state index in [4.69, 9.17) is 11.6 Å². The molecule has 5 rings (SSSR count). The maximum atomic E-state index is 14.7. The Morgan fingerprint density at radius 2 is 1.51 bits per heavy atom. The van der Waals surface area contributed by atoms with Gasteiger partial charge >= 0.3 is 0 Å². The summed E-state index contributed by atoms with van der Waals surface area (Å²) in [7, 11) is -4.19. The average Bonchev–Trinajstić information content (AvgIpc) is 3.07. The number of nitrogens with one attached hydrogen (secondary N) is 1. The Hall–Kier alpha value is -3.66. The minimum atomic E-state index is -4.19. The lowest BCUT2D eigenvalue weighted by Crippen LogP contribution is -2.55. The Kier molecular flexibility index (Phi) is 11.8. The number of nitrogens with zero attached hydrogens (tertiary/aromatic N) is 2. The first kappa shape index (κ1) is 34.7. The van der Waals surface area contributed by atoms with Gasteiger partial charge in [-0.05, 0) is 78.9 Å². The van der Waals surface area contributed by atoms with Gasteiger partial charge in [-0.1, -0.05) is 107 Å². The van der Waals surface area contributed by atoms with Gasteiger partial charge in [0.2, 0.25) is 11.8 Å². The van der Waals surface area contributed by atoms with Gasteiger partial charge < -0.3 is 10.2 Å². The first-order valence-electron chi connectivity index (χ1n) is 15.8. The van der Waals surface area contributed by atoms with Crippen LogP contribution >= 0.6 is 27.5 Å². The highest BCUT2D eigenvalue weighted by molar-refractivity contribution is 9.10. The van der Waals surface area contributed by atoms with E-state index in [9.17, 15) is 18.0 Å². The SMILES string of the molecule is Cc1cc(Cl)ccc1N(CC(=O)N(Cc1ccc(Br)cc1)[C@H](Cc1ccccc1)C(=O)NC1CCCCC1)S(=O)(=O)c1ccccc1. The second kappa shape index (κ2) is 16.0. The molecule has 0 saturated heterocycles. The monoisotopic (exact) mass is 735 g/mol. The van der Waals surface area contributed by atoms with Crippen molar-refractivity contribution in [2.75, 3.05) is 10.8 Å². The number of hydrogen-bond donors (Lipinski definition) is 1. The lowest BCUT2D eigenvalue weighted by atomic mass is 9.94. The van der Waals surface area contributed by atoms with Gasteiger partial charge in [-0.3, -0.25) is 13.9 Å². The number of aryl methyl sites for hydroxylation is 1. The number of hydrogen-bond acceptors (Lipinski definition) is 4. The van der Waals surface area contributed by atoms with Crippen molar-refractivity contribution in [3.05, 3.63) is 129 Å². The van der Waals surface area contributed by atoms with Gasteiger partial charge in [0.15, 0.2) is 0 Å². The van der Waals surface area contributed by atoms with E-state index >= 15 is 0 Å². The van der Waals surface area contributed by atoms with Crippen molar-refractivity contribution in [3.8, 4) is 0 Å². The van der Waals surface area contributed by atoms with Crippen molar-refractivity contribution in [2.24, 2.45) is 0 Å². The lowest BCUT2D eigenvalue weighted by molar-refractivity contribution is -0.140. The molecule has 1 fully saturated rings. The quantitative estimate of drug-likeness (QED) is 0.162. The molecule has 0 radical (unpaired) electrons. The molecule has 47 heavy (non-hydrogen) atoms. The Bertz CT molecular complexity index is 1770. The molecule has 0 unspecified atom stereocenters. The fourth-order valence-corrected chi connectivity index (χ4v) is 8.01. The van der Waals surface area contributed by atoms with Crippen LogP contribution in [0.25, 0.3) is 0 Å². The van der Waals surface area contributed by atoms with Crippen molar-refractivity contribution in [1.29, 1.82) is 0 Å². The molecule has 1 aliphatic rings. The molecule has 0 spiro atoms. The highest BCUT2D eigenvalue weighted by Crippen LogP contribution is 2.30. The fraction of sp³-hybridized carbons (Fsp3) is 0.297. The molecule has 0 bridgehead atoms. The summed E-state index contributed by atoms with van der Waals surface area (Å²) in [5.41, 5.74) is 2.64. The van der Waals surface area contributed by atoms with Gasteiger partial charge in [0.05, 0.1) is 10.6 Å². The summed E-state index contributed by atoms with van der Waals surface area (Å²) in [5.74, 6) is -0.743. The predicted octanol–water partition coefficient (Wildman–Crippen LogP) is 7.70. The molecule has 0 heterocycles. The Morgan fingerprint density at radius 3 is 2.15 bits per heavy atom. The summed E-state index contributed by atoms with van der Waals surface area (Å²) < 4.78 is 30.4. The van der Waals surface area contributed by atoms with Crippen LogP contribution in [0.3, 0.4) is 0 Å². The van der Waals surface area contributed by atoms with Crippen molar-refractivity contribution in [1.82, 2.24) is 10.2 Å². The zero-order chi connectivity index (χ0) is 33.4. The highest BCUT2D eigenvalue weighted by atomic mass is 79.9. The van der Waals surface area contributed by atoms with E-state index in [-0.39, 0.29) is 29.8 Å². The second-order valence-corrected chi connectivity index (χ2v) is 15.2. The van der Waals surface area contributed by atoms with Gasteiger partial charge in [-0.25, -0.2) is 8.42 Å². The molecule has 0 aromatic heterocycles. The van der Waals surface area contributed by atoms with Crippen LogP contribution in [0.5, 0.6) is 0 Å². The van der Waals surface area contributed by atoms with Crippen LogP contribution < -0.4 is 9.62 Å². The average molecular weight is 737 g/mol. The number of amides is 2. The van der Waals surface area contributed by atoms with Crippen molar-refractivity contribution in [3.63, 3.8) is 0 Å². The molecule has 1 N–H and O–H groups in total. The molecule has 1 atom stereocenters. The molecular formula is C37H39BrClN3O4S. The third-order valence-electron chi connectivity index (χ3n) is 8.53. The van der Waals surface area contributed by atoms with Crippen LogP contribution in [0.4, 0.5) is 5.69 Å². The van der Waals surface area contributed by atoms with Crippen LogP contribution in [-0.2, 0) is 32.6 Å². The van der Waals surface area contributed by atoms with E-state index < -0.39 is 28.5 Å². The van der Waals surface area contributed by atoms with E-state index in [1.165, 1.54) is 17.0 Å². The Morgan fingerprint density at radius 1 is 0.872 bits per heavy atom. The van der Waals surface area contributed by atoms with Crippen LogP contribution in [0.15, 0.2) is 112 Å². The van der Waals surface area contributed by atoms with Crippen molar-refractivity contribution >= 4 is 55.1 Å². The minimum Gasteiger partial charge on any atom is -0.352 e. The molecule has 0 aliphatic heterocycles. The van der Waals surface area contributed by atoms with E-state index in [1.54, 1.807) is 43.3 Å².